The van der Waals surface area contributed by atoms with Crippen LogP contribution in [0.5, 0.6) is 0 Å². The van der Waals surface area contributed by atoms with Gasteiger partial charge in [0.25, 0.3) is 0 Å². The van der Waals surface area contributed by atoms with E-state index >= 15 is 0 Å². The average Bonchev–Trinajstić information content (AvgIpc) is 2.48. The van der Waals surface area contributed by atoms with E-state index in [9.17, 15) is 0 Å². The zero-order valence-corrected chi connectivity index (χ0v) is 12.0. The summed E-state index contributed by atoms with van der Waals surface area (Å²) in [7, 11) is 0. The molecule has 0 amide bonds. The van der Waals surface area contributed by atoms with E-state index in [1.54, 1.807) is 0 Å². The Morgan fingerprint density at radius 2 is 1.84 bits per heavy atom. The van der Waals surface area contributed by atoms with Crippen LogP contribution in [0.4, 0.5) is 0 Å². The highest BCUT2D eigenvalue weighted by atomic mass is 15.1. The SMILES string of the molecule is CCc1ccc(C(N)C2CCN(CCN)CC2)cc1. The number of rotatable bonds is 5. The maximum atomic E-state index is 6.44. The molecule has 1 heterocycles. The third kappa shape index (κ3) is 3.78. The molecule has 1 saturated heterocycles. The van der Waals surface area contributed by atoms with Crippen LogP contribution in [0, 0.1) is 5.92 Å². The molecule has 0 spiro atoms. The summed E-state index contributed by atoms with van der Waals surface area (Å²) >= 11 is 0. The summed E-state index contributed by atoms with van der Waals surface area (Å²) in [6.45, 7) is 6.25. The van der Waals surface area contributed by atoms with Crippen LogP contribution in [0.15, 0.2) is 24.3 Å². The molecule has 1 atom stereocenters. The van der Waals surface area contributed by atoms with Gasteiger partial charge in [0.1, 0.15) is 0 Å². The van der Waals surface area contributed by atoms with Crippen LogP contribution in [0.1, 0.15) is 36.9 Å². The van der Waals surface area contributed by atoms with Gasteiger partial charge in [-0.3, -0.25) is 0 Å². The molecule has 4 N–H and O–H groups in total. The van der Waals surface area contributed by atoms with E-state index in [1.165, 1.54) is 24.0 Å². The normalized spacial score (nSPS) is 19.5. The van der Waals surface area contributed by atoms with E-state index in [-0.39, 0.29) is 6.04 Å². The van der Waals surface area contributed by atoms with Crippen molar-refractivity contribution in [1.82, 2.24) is 4.90 Å². The molecule has 1 fully saturated rings. The summed E-state index contributed by atoms with van der Waals surface area (Å²) < 4.78 is 0. The zero-order chi connectivity index (χ0) is 13.7. The Morgan fingerprint density at radius 3 is 2.37 bits per heavy atom. The molecule has 2 rings (SSSR count). The molecular formula is C16H27N3. The Kier molecular flexibility index (Phi) is 5.37. The molecule has 1 unspecified atom stereocenters. The zero-order valence-electron chi connectivity index (χ0n) is 12.0. The summed E-state index contributed by atoms with van der Waals surface area (Å²) in [6.07, 6.45) is 3.47. The van der Waals surface area contributed by atoms with Crippen LogP contribution in [0.3, 0.4) is 0 Å². The van der Waals surface area contributed by atoms with Gasteiger partial charge in [0.05, 0.1) is 0 Å². The largest absolute Gasteiger partial charge is 0.329 e. The predicted molar refractivity (Wildman–Crippen MR) is 81.0 cm³/mol. The van der Waals surface area contributed by atoms with Gasteiger partial charge in [-0.05, 0) is 49.4 Å². The molecule has 0 radical (unpaired) electrons. The molecular weight excluding hydrogens is 234 g/mol. The minimum Gasteiger partial charge on any atom is -0.329 e. The Morgan fingerprint density at radius 1 is 1.21 bits per heavy atom. The van der Waals surface area contributed by atoms with Gasteiger partial charge in [0.2, 0.25) is 0 Å². The lowest BCUT2D eigenvalue weighted by atomic mass is 9.85. The van der Waals surface area contributed by atoms with E-state index in [4.69, 9.17) is 11.5 Å². The fourth-order valence-electron chi connectivity index (χ4n) is 2.97. The Hall–Kier alpha value is -0.900. The molecule has 0 saturated carbocycles. The van der Waals surface area contributed by atoms with E-state index in [1.807, 2.05) is 0 Å². The molecule has 19 heavy (non-hydrogen) atoms. The lowest BCUT2D eigenvalue weighted by Gasteiger charge is -2.34. The topological polar surface area (TPSA) is 55.3 Å². The second-order valence-corrected chi connectivity index (χ2v) is 5.59. The average molecular weight is 261 g/mol. The highest BCUT2D eigenvalue weighted by Crippen LogP contribution is 2.29. The molecule has 1 aliphatic rings. The molecule has 3 nitrogen and oxygen atoms in total. The number of benzene rings is 1. The lowest BCUT2D eigenvalue weighted by Crippen LogP contribution is -2.39. The highest BCUT2D eigenvalue weighted by molar-refractivity contribution is 5.25. The first-order valence-corrected chi connectivity index (χ1v) is 7.51. The summed E-state index contributed by atoms with van der Waals surface area (Å²) in [6, 6.07) is 9.01. The van der Waals surface area contributed by atoms with Crippen molar-refractivity contribution in [2.24, 2.45) is 17.4 Å². The molecule has 1 aliphatic heterocycles. The van der Waals surface area contributed by atoms with Crippen molar-refractivity contribution in [1.29, 1.82) is 0 Å². The van der Waals surface area contributed by atoms with Gasteiger partial charge in [-0.1, -0.05) is 31.2 Å². The Bertz CT molecular complexity index is 366. The van der Waals surface area contributed by atoms with Gasteiger partial charge < -0.3 is 16.4 Å². The molecule has 0 aromatic heterocycles. The van der Waals surface area contributed by atoms with Gasteiger partial charge in [-0.25, -0.2) is 0 Å². The van der Waals surface area contributed by atoms with Crippen LogP contribution in [-0.2, 0) is 6.42 Å². The first-order valence-electron chi connectivity index (χ1n) is 7.51. The summed E-state index contributed by atoms with van der Waals surface area (Å²) in [4.78, 5) is 2.45. The van der Waals surface area contributed by atoms with Gasteiger partial charge in [-0.15, -0.1) is 0 Å². The van der Waals surface area contributed by atoms with E-state index in [0.717, 1.165) is 32.6 Å². The molecule has 1 aromatic rings. The van der Waals surface area contributed by atoms with Crippen LogP contribution < -0.4 is 11.5 Å². The molecule has 3 heteroatoms. The van der Waals surface area contributed by atoms with E-state index in [0.29, 0.717) is 5.92 Å². The minimum atomic E-state index is 0.186. The summed E-state index contributed by atoms with van der Waals surface area (Å²) in [5.41, 5.74) is 14.7. The maximum Gasteiger partial charge on any atom is 0.0324 e. The Balaban J connectivity index is 1.91. The number of nitrogens with two attached hydrogens (primary N) is 2. The molecule has 0 bridgehead atoms. The smallest absolute Gasteiger partial charge is 0.0324 e. The number of likely N-dealkylation sites (tertiary alicyclic amines) is 1. The molecule has 106 valence electrons. The van der Waals surface area contributed by atoms with Crippen molar-refractivity contribution in [3.05, 3.63) is 35.4 Å². The van der Waals surface area contributed by atoms with Gasteiger partial charge in [-0.2, -0.15) is 0 Å². The number of piperidine rings is 1. The third-order valence-electron chi connectivity index (χ3n) is 4.36. The number of hydrogen-bond donors (Lipinski definition) is 2. The molecule has 0 aliphatic carbocycles. The number of nitrogens with zero attached hydrogens (tertiary/aromatic N) is 1. The lowest BCUT2D eigenvalue weighted by molar-refractivity contribution is 0.173. The van der Waals surface area contributed by atoms with Crippen molar-refractivity contribution in [2.45, 2.75) is 32.2 Å². The first-order chi connectivity index (χ1) is 9.24. The highest BCUT2D eigenvalue weighted by Gasteiger charge is 2.24. The first kappa shape index (κ1) is 14.5. The second-order valence-electron chi connectivity index (χ2n) is 5.59. The van der Waals surface area contributed by atoms with E-state index < -0.39 is 0 Å². The van der Waals surface area contributed by atoms with Crippen molar-refractivity contribution < 1.29 is 0 Å². The van der Waals surface area contributed by atoms with Gasteiger partial charge in [0, 0.05) is 19.1 Å². The summed E-state index contributed by atoms with van der Waals surface area (Å²) in [5.74, 6) is 0.613. The van der Waals surface area contributed by atoms with Crippen molar-refractivity contribution >= 4 is 0 Å². The fourth-order valence-corrected chi connectivity index (χ4v) is 2.97. The van der Waals surface area contributed by atoms with Crippen molar-refractivity contribution in [2.75, 3.05) is 26.2 Å². The standard InChI is InChI=1S/C16H27N3/c1-2-13-3-5-14(6-4-13)16(18)15-7-10-19(11-8-15)12-9-17/h3-6,15-16H,2,7-12,17-18H2,1H3. The van der Waals surface area contributed by atoms with Gasteiger partial charge in [0.15, 0.2) is 0 Å². The second kappa shape index (κ2) is 7.04. The van der Waals surface area contributed by atoms with E-state index in [2.05, 4.69) is 36.1 Å². The summed E-state index contributed by atoms with van der Waals surface area (Å²) in [5, 5.41) is 0. The van der Waals surface area contributed by atoms with Crippen LogP contribution in [0.25, 0.3) is 0 Å². The third-order valence-corrected chi connectivity index (χ3v) is 4.36. The van der Waals surface area contributed by atoms with Crippen LogP contribution in [-0.4, -0.2) is 31.1 Å². The van der Waals surface area contributed by atoms with Crippen molar-refractivity contribution in [3.8, 4) is 0 Å². The quantitative estimate of drug-likeness (QED) is 0.851. The predicted octanol–water partition coefficient (Wildman–Crippen LogP) is 1.92. The minimum absolute atomic E-state index is 0.186. The van der Waals surface area contributed by atoms with Crippen molar-refractivity contribution in [3.63, 3.8) is 0 Å². The van der Waals surface area contributed by atoms with Crippen LogP contribution >= 0.6 is 0 Å². The fraction of sp³-hybridized carbons (Fsp3) is 0.625. The monoisotopic (exact) mass is 261 g/mol. The van der Waals surface area contributed by atoms with Crippen LogP contribution in [0.2, 0.25) is 0 Å². The maximum absolute atomic E-state index is 6.44. The van der Waals surface area contributed by atoms with Gasteiger partial charge >= 0.3 is 0 Å². The Labute approximate surface area is 117 Å². The number of aryl methyl sites for hydroxylation is 1. The molecule has 1 aromatic carbocycles. The number of hydrogen-bond acceptors (Lipinski definition) is 3.